The van der Waals surface area contributed by atoms with Crippen molar-refractivity contribution in [3.05, 3.63) is 46.5 Å². The normalized spacial score (nSPS) is 13.6. The fraction of sp³-hybridized carbons (Fsp3) is 0.462. The molecule has 0 heterocycles. The minimum Gasteiger partial charge on any atom is -0.493 e. The molecule has 142 valence electrons. The van der Waals surface area contributed by atoms with Crippen LogP contribution in [0.1, 0.15) is 93.4 Å². The van der Waals surface area contributed by atoms with Crippen LogP contribution in [0.15, 0.2) is 24.3 Å². The van der Waals surface area contributed by atoms with Crippen LogP contribution in [0.2, 0.25) is 0 Å². The second-order valence-electron chi connectivity index (χ2n) is 8.07. The Morgan fingerprint density at radius 3 is 1.93 bits per heavy atom. The van der Waals surface area contributed by atoms with Gasteiger partial charge in [0.2, 0.25) is 0 Å². The van der Waals surface area contributed by atoms with Crippen molar-refractivity contribution < 1.29 is 4.74 Å². The molecular formula is C26H32O. The minimum atomic E-state index is 0.838. The van der Waals surface area contributed by atoms with Gasteiger partial charge in [0.15, 0.2) is 0 Å². The van der Waals surface area contributed by atoms with E-state index in [2.05, 4.69) is 49.4 Å². The average molecular weight is 361 g/mol. The Balaban J connectivity index is 1.19. The summed E-state index contributed by atoms with van der Waals surface area (Å²) in [5.74, 6) is 1.07. The van der Waals surface area contributed by atoms with E-state index in [1.54, 1.807) is 0 Å². The summed E-state index contributed by atoms with van der Waals surface area (Å²) < 4.78 is 6.19. The van der Waals surface area contributed by atoms with E-state index in [0.29, 0.717) is 0 Å². The molecule has 0 atom stereocenters. The Morgan fingerprint density at radius 1 is 0.630 bits per heavy atom. The molecule has 0 aromatic heterocycles. The SMILES string of the molecule is CCCCCCCCCCCCOC1=Cc2ccc3c4c(ccc1c24)C=C3. The lowest BCUT2D eigenvalue weighted by atomic mass is 9.99. The lowest BCUT2D eigenvalue weighted by molar-refractivity contribution is 0.269. The minimum absolute atomic E-state index is 0.838. The fourth-order valence-corrected chi connectivity index (χ4v) is 4.47. The van der Waals surface area contributed by atoms with Gasteiger partial charge in [-0.3, -0.25) is 0 Å². The van der Waals surface area contributed by atoms with Gasteiger partial charge in [-0.2, -0.15) is 0 Å². The van der Waals surface area contributed by atoms with Crippen molar-refractivity contribution in [1.82, 2.24) is 0 Å². The number of hydrogen-bond acceptors (Lipinski definition) is 1. The maximum Gasteiger partial charge on any atom is 0.127 e. The topological polar surface area (TPSA) is 9.23 Å². The molecule has 0 spiro atoms. The Kier molecular flexibility index (Phi) is 5.97. The monoisotopic (exact) mass is 360 g/mol. The molecule has 0 aliphatic heterocycles. The zero-order valence-electron chi connectivity index (χ0n) is 16.7. The average Bonchev–Trinajstić information content (AvgIpc) is 3.26. The molecule has 2 aliphatic carbocycles. The fourth-order valence-electron chi connectivity index (χ4n) is 4.47. The molecule has 0 radical (unpaired) electrons. The Morgan fingerprint density at radius 2 is 1.22 bits per heavy atom. The zero-order valence-corrected chi connectivity index (χ0v) is 16.7. The second kappa shape index (κ2) is 8.78. The molecule has 0 saturated carbocycles. The number of ether oxygens (including phenoxy) is 1. The standard InChI is InChI=1S/C26H32O/c1-2-3-4-5-6-7-8-9-10-11-18-27-24-19-22-15-14-20-12-13-21-16-17-23(24)26(22)25(20)21/h12-17,19H,2-11,18H2,1H3. The van der Waals surface area contributed by atoms with Gasteiger partial charge in [-0.25, -0.2) is 0 Å². The van der Waals surface area contributed by atoms with Crippen LogP contribution in [0.4, 0.5) is 0 Å². The third kappa shape index (κ3) is 3.98. The highest BCUT2D eigenvalue weighted by molar-refractivity contribution is 6.15. The van der Waals surface area contributed by atoms with Crippen LogP contribution in [0.25, 0.3) is 34.8 Å². The molecule has 1 heteroatoms. The van der Waals surface area contributed by atoms with Gasteiger partial charge in [-0.1, -0.05) is 95.1 Å². The molecule has 1 nitrogen and oxygen atoms in total. The maximum absolute atomic E-state index is 6.19. The van der Waals surface area contributed by atoms with E-state index in [1.165, 1.54) is 90.8 Å². The Hall–Kier alpha value is -2.02. The van der Waals surface area contributed by atoms with Crippen molar-refractivity contribution in [3.63, 3.8) is 0 Å². The molecule has 0 bridgehead atoms. The van der Waals surface area contributed by atoms with Gasteiger partial charge >= 0.3 is 0 Å². The predicted octanol–water partition coefficient (Wildman–Crippen LogP) is 8.07. The highest BCUT2D eigenvalue weighted by Crippen LogP contribution is 2.42. The summed E-state index contributed by atoms with van der Waals surface area (Å²) in [6.07, 6.45) is 20.3. The summed E-state index contributed by atoms with van der Waals surface area (Å²) in [6, 6.07) is 8.93. The number of benzene rings is 2. The van der Waals surface area contributed by atoms with E-state index < -0.39 is 0 Å². The van der Waals surface area contributed by atoms with E-state index in [1.807, 2.05) is 0 Å². The molecule has 2 aliphatic rings. The van der Waals surface area contributed by atoms with Gasteiger partial charge in [0.1, 0.15) is 5.76 Å². The number of rotatable bonds is 12. The molecule has 2 aromatic carbocycles. The van der Waals surface area contributed by atoms with Crippen molar-refractivity contribution in [2.24, 2.45) is 0 Å². The van der Waals surface area contributed by atoms with Crippen LogP contribution in [0.3, 0.4) is 0 Å². The Bertz CT molecular complexity index is 844. The van der Waals surface area contributed by atoms with E-state index in [4.69, 9.17) is 4.74 Å². The lowest BCUT2D eigenvalue weighted by Gasteiger charge is -2.10. The summed E-state index contributed by atoms with van der Waals surface area (Å²) >= 11 is 0. The van der Waals surface area contributed by atoms with Crippen LogP contribution in [0.5, 0.6) is 0 Å². The third-order valence-electron chi connectivity index (χ3n) is 6.01. The van der Waals surface area contributed by atoms with Crippen LogP contribution in [-0.4, -0.2) is 6.61 Å². The quantitative estimate of drug-likeness (QED) is 0.297. The number of unbranched alkanes of at least 4 members (excludes halogenated alkanes) is 9. The van der Waals surface area contributed by atoms with Crippen LogP contribution in [0, 0.1) is 0 Å². The molecule has 27 heavy (non-hydrogen) atoms. The largest absolute Gasteiger partial charge is 0.493 e. The first-order valence-electron chi connectivity index (χ1n) is 11.0. The molecule has 4 rings (SSSR count). The molecule has 0 N–H and O–H groups in total. The van der Waals surface area contributed by atoms with Crippen LogP contribution < -0.4 is 0 Å². The first kappa shape index (κ1) is 18.3. The molecule has 0 fully saturated rings. The van der Waals surface area contributed by atoms with Crippen LogP contribution >= 0.6 is 0 Å². The summed E-state index contributed by atoms with van der Waals surface area (Å²) in [6.45, 7) is 3.12. The van der Waals surface area contributed by atoms with E-state index in [0.717, 1.165) is 18.8 Å². The number of hydrogen-bond donors (Lipinski definition) is 0. The van der Waals surface area contributed by atoms with Crippen molar-refractivity contribution in [2.45, 2.75) is 71.1 Å². The maximum atomic E-state index is 6.19. The highest BCUT2D eigenvalue weighted by atomic mass is 16.5. The van der Waals surface area contributed by atoms with Crippen molar-refractivity contribution in [1.29, 1.82) is 0 Å². The van der Waals surface area contributed by atoms with Gasteiger partial charge < -0.3 is 4.74 Å². The van der Waals surface area contributed by atoms with Crippen molar-refractivity contribution >= 4 is 34.8 Å². The first-order valence-corrected chi connectivity index (χ1v) is 11.0. The van der Waals surface area contributed by atoms with E-state index >= 15 is 0 Å². The lowest BCUT2D eigenvalue weighted by Crippen LogP contribution is -1.94. The molecular weight excluding hydrogens is 328 g/mol. The van der Waals surface area contributed by atoms with Crippen LogP contribution in [-0.2, 0) is 4.74 Å². The molecule has 0 amide bonds. The molecule has 2 aromatic rings. The molecule has 0 unspecified atom stereocenters. The Labute approximate surface area is 164 Å². The van der Waals surface area contributed by atoms with Gasteiger partial charge in [0, 0.05) is 10.9 Å². The van der Waals surface area contributed by atoms with E-state index in [9.17, 15) is 0 Å². The summed E-state index contributed by atoms with van der Waals surface area (Å²) in [5.41, 5.74) is 5.28. The summed E-state index contributed by atoms with van der Waals surface area (Å²) in [5, 5.41) is 2.78. The highest BCUT2D eigenvalue weighted by Gasteiger charge is 2.21. The second-order valence-corrected chi connectivity index (χ2v) is 8.07. The summed E-state index contributed by atoms with van der Waals surface area (Å²) in [4.78, 5) is 0. The van der Waals surface area contributed by atoms with Gasteiger partial charge in [0.05, 0.1) is 6.61 Å². The summed E-state index contributed by atoms with van der Waals surface area (Å²) in [7, 11) is 0. The first-order chi connectivity index (χ1) is 13.4. The third-order valence-corrected chi connectivity index (χ3v) is 6.01. The zero-order chi connectivity index (χ0) is 18.5. The van der Waals surface area contributed by atoms with Gasteiger partial charge in [0.25, 0.3) is 0 Å². The van der Waals surface area contributed by atoms with E-state index in [-0.39, 0.29) is 0 Å². The smallest absolute Gasteiger partial charge is 0.127 e. The van der Waals surface area contributed by atoms with Gasteiger partial charge in [-0.15, -0.1) is 0 Å². The molecule has 0 saturated heterocycles. The van der Waals surface area contributed by atoms with Crippen molar-refractivity contribution in [2.75, 3.05) is 6.61 Å². The predicted molar refractivity (Wildman–Crippen MR) is 119 cm³/mol. The van der Waals surface area contributed by atoms with Crippen molar-refractivity contribution in [3.8, 4) is 0 Å². The van der Waals surface area contributed by atoms with Gasteiger partial charge in [-0.05, 0) is 40.6 Å².